The molecule has 0 bridgehead atoms. The summed E-state index contributed by atoms with van der Waals surface area (Å²) in [4.78, 5) is 32.2. The van der Waals surface area contributed by atoms with E-state index in [2.05, 4.69) is 33.9 Å². The zero-order valence-corrected chi connectivity index (χ0v) is 22.8. The van der Waals surface area contributed by atoms with Crippen LogP contribution in [0.15, 0.2) is 112 Å². The average Bonchev–Trinajstić information content (AvgIpc) is 2.97. The molecule has 7 heteroatoms. The van der Waals surface area contributed by atoms with Gasteiger partial charge in [0.05, 0.1) is 23.8 Å². The first-order valence-corrected chi connectivity index (χ1v) is 13.4. The van der Waals surface area contributed by atoms with E-state index in [1.165, 1.54) is 5.57 Å². The Morgan fingerprint density at radius 1 is 1.10 bits per heavy atom. The average molecular weight is 525 g/mol. The van der Waals surface area contributed by atoms with Gasteiger partial charge in [-0.2, -0.15) is 0 Å². The minimum absolute atomic E-state index is 0.253. The van der Waals surface area contributed by atoms with Crippen molar-refractivity contribution in [3.8, 4) is 0 Å². The van der Waals surface area contributed by atoms with Gasteiger partial charge in [-0.05, 0) is 50.8 Å². The summed E-state index contributed by atoms with van der Waals surface area (Å²) in [5.41, 5.74) is 4.68. The molecule has 39 heavy (non-hydrogen) atoms. The highest BCUT2D eigenvalue weighted by molar-refractivity contribution is 6.06. The Kier molecular flexibility index (Phi) is 9.51. The first kappa shape index (κ1) is 27.6. The van der Waals surface area contributed by atoms with Crippen molar-refractivity contribution in [3.05, 3.63) is 113 Å². The number of esters is 1. The molecule has 0 fully saturated rings. The number of hydrogen-bond donors (Lipinski definition) is 2. The predicted molar refractivity (Wildman–Crippen MR) is 156 cm³/mol. The summed E-state index contributed by atoms with van der Waals surface area (Å²) in [7, 11) is 1.72. The van der Waals surface area contributed by atoms with Crippen molar-refractivity contribution < 1.29 is 14.3 Å². The summed E-state index contributed by atoms with van der Waals surface area (Å²) in [6.45, 7) is 4.53. The Morgan fingerprint density at radius 2 is 1.82 bits per heavy atom. The third kappa shape index (κ3) is 6.37. The summed E-state index contributed by atoms with van der Waals surface area (Å²) in [5, 5.41) is 6.88. The van der Waals surface area contributed by atoms with Crippen molar-refractivity contribution in [2.24, 2.45) is 4.99 Å². The molecule has 7 nitrogen and oxygen atoms in total. The molecule has 202 valence electrons. The zero-order valence-electron chi connectivity index (χ0n) is 22.8. The molecule has 2 N–H and O–H groups in total. The molecule has 0 saturated heterocycles. The number of ether oxygens (including phenoxy) is 1. The number of benzene rings is 2. The van der Waals surface area contributed by atoms with Crippen LogP contribution in [0.4, 0.5) is 5.69 Å². The van der Waals surface area contributed by atoms with E-state index in [-0.39, 0.29) is 6.61 Å². The number of anilines is 1. The normalized spacial score (nSPS) is 17.4. The monoisotopic (exact) mass is 524 g/mol. The van der Waals surface area contributed by atoms with E-state index in [1.54, 1.807) is 18.9 Å². The fraction of sp³-hybridized carbons (Fsp3) is 0.281. The van der Waals surface area contributed by atoms with Crippen LogP contribution in [-0.4, -0.2) is 38.4 Å². The number of rotatable bonds is 10. The first-order valence-electron chi connectivity index (χ1n) is 13.4. The SMILES string of the molecule is CCOC(=O)C1=C(C)NC(N(C=O)c2ccccc2)=C(C(=NC)NCCC2=CCCC=C2)C1c1ccccc1. The molecule has 1 atom stereocenters. The van der Waals surface area contributed by atoms with E-state index in [0.29, 0.717) is 40.7 Å². The summed E-state index contributed by atoms with van der Waals surface area (Å²) >= 11 is 0. The number of para-hydroxylation sites is 1. The number of carbonyl (C=O) groups is 2. The Labute approximate surface area is 230 Å². The van der Waals surface area contributed by atoms with Gasteiger partial charge in [-0.25, -0.2) is 4.79 Å². The smallest absolute Gasteiger partial charge is 0.336 e. The van der Waals surface area contributed by atoms with Gasteiger partial charge < -0.3 is 15.4 Å². The predicted octanol–water partition coefficient (Wildman–Crippen LogP) is 5.37. The Morgan fingerprint density at radius 3 is 2.44 bits per heavy atom. The second-order valence-corrected chi connectivity index (χ2v) is 9.31. The number of dihydropyridines is 1. The Hall–Kier alpha value is -4.39. The molecule has 2 aromatic carbocycles. The maximum atomic E-state index is 13.4. The highest BCUT2D eigenvalue weighted by Crippen LogP contribution is 2.40. The summed E-state index contributed by atoms with van der Waals surface area (Å²) < 4.78 is 5.51. The third-order valence-corrected chi connectivity index (χ3v) is 6.81. The van der Waals surface area contributed by atoms with Crippen molar-refractivity contribution in [3.63, 3.8) is 0 Å². The van der Waals surface area contributed by atoms with Gasteiger partial charge in [-0.1, -0.05) is 72.3 Å². The third-order valence-electron chi connectivity index (χ3n) is 6.81. The van der Waals surface area contributed by atoms with Gasteiger partial charge in [0.2, 0.25) is 6.41 Å². The number of allylic oxidation sites excluding steroid dienone is 4. The van der Waals surface area contributed by atoms with E-state index >= 15 is 0 Å². The van der Waals surface area contributed by atoms with E-state index < -0.39 is 11.9 Å². The van der Waals surface area contributed by atoms with E-state index in [4.69, 9.17) is 4.74 Å². The molecule has 2 aromatic rings. The molecule has 2 aliphatic rings. The van der Waals surface area contributed by atoms with Crippen LogP contribution in [0.1, 0.15) is 44.6 Å². The van der Waals surface area contributed by atoms with Crippen LogP contribution in [-0.2, 0) is 14.3 Å². The van der Waals surface area contributed by atoms with E-state index in [1.807, 2.05) is 67.6 Å². The maximum absolute atomic E-state index is 13.4. The Bertz CT molecular complexity index is 1320. The van der Waals surface area contributed by atoms with Crippen molar-refractivity contribution >= 4 is 23.9 Å². The fourth-order valence-corrected chi connectivity index (χ4v) is 5.01. The van der Waals surface area contributed by atoms with Crippen LogP contribution in [0.25, 0.3) is 0 Å². The van der Waals surface area contributed by atoms with Crippen molar-refractivity contribution in [2.75, 3.05) is 25.1 Å². The fourth-order valence-electron chi connectivity index (χ4n) is 5.01. The largest absolute Gasteiger partial charge is 0.463 e. The lowest BCUT2D eigenvalue weighted by Crippen LogP contribution is -2.43. The summed E-state index contributed by atoms with van der Waals surface area (Å²) in [5.74, 6) is 0.218. The lowest BCUT2D eigenvalue weighted by molar-refractivity contribution is -0.138. The molecule has 4 rings (SSSR count). The van der Waals surface area contributed by atoms with Gasteiger partial charge in [0.1, 0.15) is 11.7 Å². The molecule has 1 heterocycles. The standard InChI is InChI=1S/C32H36N4O3/c1-4-39-32(38)27-23(2)35-31(36(22-37)26-18-12-7-13-19-26)29(28(27)25-16-10-6-11-17-25)30(33-3)34-21-20-24-14-8-5-9-15-24/h6-8,10-19,22,28,35H,4-5,9,20-21H2,1-3H3,(H,33,34). The molecule has 1 amide bonds. The van der Waals surface area contributed by atoms with Crippen molar-refractivity contribution in [2.45, 2.75) is 39.0 Å². The Balaban J connectivity index is 1.86. The molecule has 1 aliphatic carbocycles. The number of aliphatic imine (C=N–C) groups is 1. The lowest BCUT2D eigenvalue weighted by atomic mass is 9.80. The first-order chi connectivity index (χ1) is 19.1. The molecular weight excluding hydrogens is 488 g/mol. The second kappa shape index (κ2) is 13.4. The molecule has 0 saturated carbocycles. The minimum Gasteiger partial charge on any atom is -0.463 e. The summed E-state index contributed by atoms with van der Waals surface area (Å²) in [6, 6.07) is 19.2. The van der Waals surface area contributed by atoms with E-state index in [9.17, 15) is 9.59 Å². The lowest BCUT2D eigenvalue weighted by Gasteiger charge is -2.36. The second-order valence-electron chi connectivity index (χ2n) is 9.31. The van der Waals surface area contributed by atoms with Gasteiger partial charge >= 0.3 is 5.97 Å². The van der Waals surface area contributed by atoms with Crippen LogP contribution < -0.4 is 15.5 Å². The van der Waals surface area contributed by atoms with Crippen LogP contribution >= 0.6 is 0 Å². The van der Waals surface area contributed by atoms with Crippen LogP contribution in [0.3, 0.4) is 0 Å². The van der Waals surface area contributed by atoms with Crippen LogP contribution in [0, 0.1) is 0 Å². The van der Waals surface area contributed by atoms with Crippen LogP contribution in [0.2, 0.25) is 0 Å². The van der Waals surface area contributed by atoms with Gasteiger partial charge in [0, 0.05) is 24.9 Å². The molecule has 0 aromatic heterocycles. The number of hydrogen-bond acceptors (Lipinski definition) is 5. The zero-order chi connectivity index (χ0) is 27.6. The van der Waals surface area contributed by atoms with Crippen LogP contribution in [0.5, 0.6) is 0 Å². The van der Waals surface area contributed by atoms with Crippen molar-refractivity contribution in [1.29, 1.82) is 0 Å². The quantitative estimate of drug-likeness (QED) is 0.189. The molecular formula is C32H36N4O3. The van der Waals surface area contributed by atoms with Gasteiger partial charge in [0.25, 0.3) is 0 Å². The van der Waals surface area contributed by atoms with Gasteiger partial charge in [-0.3, -0.25) is 14.7 Å². The molecule has 0 spiro atoms. The number of nitrogens with zero attached hydrogens (tertiary/aromatic N) is 2. The van der Waals surface area contributed by atoms with Gasteiger partial charge in [0.15, 0.2) is 0 Å². The number of carbonyl (C=O) groups excluding carboxylic acids is 2. The highest BCUT2D eigenvalue weighted by Gasteiger charge is 2.39. The molecule has 1 aliphatic heterocycles. The number of nitrogens with one attached hydrogen (secondary N) is 2. The molecule has 1 unspecified atom stereocenters. The van der Waals surface area contributed by atoms with E-state index in [0.717, 1.165) is 31.2 Å². The molecule has 0 radical (unpaired) electrons. The summed E-state index contributed by atoms with van der Waals surface area (Å²) in [6.07, 6.45) is 10.4. The maximum Gasteiger partial charge on any atom is 0.336 e. The van der Waals surface area contributed by atoms with Gasteiger partial charge in [-0.15, -0.1) is 0 Å². The van der Waals surface area contributed by atoms with Crippen molar-refractivity contribution in [1.82, 2.24) is 10.6 Å². The number of amides is 1. The highest BCUT2D eigenvalue weighted by atomic mass is 16.5. The minimum atomic E-state index is -0.521. The topological polar surface area (TPSA) is 83.0 Å². The number of amidine groups is 1.